The van der Waals surface area contributed by atoms with Crippen LogP contribution in [-0.4, -0.2) is 34.7 Å². The van der Waals surface area contributed by atoms with Crippen molar-refractivity contribution < 1.29 is 9.53 Å². The van der Waals surface area contributed by atoms with Crippen molar-refractivity contribution in [1.82, 2.24) is 9.88 Å². The Morgan fingerprint density at radius 1 is 1.19 bits per heavy atom. The molecule has 1 amide bonds. The summed E-state index contributed by atoms with van der Waals surface area (Å²) in [6.45, 7) is 11.5. The van der Waals surface area contributed by atoms with Crippen LogP contribution in [0.1, 0.15) is 63.4 Å². The van der Waals surface area contributed by atoms with E-state index in [0.29, 0.717) is 19.0 Å². The van der Waals surface area contributed by atoms with Gasteiger partial charge in [-0.15, -0.1) is 11.8 Å². The molecule has 174 valence electrons. The maximum absolute atomic E-state index is 12.6. The Bertz CT molecular complexity index is 923. The minimum absolute atomic E-state index is 0.243. The topological polar surface area (TPSA) is 42.4 Å². The molecule has 3 rings (SSSR count). The predicted molar refractivity (Wildman–Crippen MR) is 134 cm³/mol. The molecule has 0 fully saturated rings. The molecule has 1 aromatic heterocycles. The number of carbonyl (C=O) groups excluding carboxylic acids is 1. The van der Waals surface area contributed by atoms with Crippen LogP contribution >= 0.6 is 23.4 Å². The van der Waals surface area contributed by atoms with E-state index in [4.69, 9.17) is 16.3 Å². The van der Waals surface area contributed by atoms with Crippen LogP contribution in [0.25, 0.3) is 0 Å². The van der Waals surface area contributed by atoms with E-state index < -0.39 is 5.60 Å². The molecule has 0 saturated heterocycles. The molecule has 6 heteroatoms. The molecule has 4 nitrogen and oxygen atoms in total. The monoisotopic (exact) mass is 474 g/mol. The highest BCUT2D eigenvalue weighted by atomic mass is 35.5. The molecule has 1 aromatic carbocycles. The van der Waals surface area contributed by atoms with Gasteiger partial charge in [-0.1, -0.05) is 37.6 Å². The number of pyridine rings is 1. The highest BCUT2D eigenvalue weighted by molar-refractivity contribution is 7.98. The van der Waals surface area contributed by atoms with Crippen molar-refractivity contribution in [3.8, 4) is 0 Å². The summed E-state index contributed by atoms with van der Waals surface area (Å²) in [7, 11) is 0. The predicted octanol–water partition coefficient (Wildman–Crippen LogP) is 6.95. The second-order valence-electron chi connectivity index (χ2n) is 9.86. The zero-order chi connectivity index (χ0) is 23.3. The fraction of sp³-hybridized carbons (Fsp3) is 0.538. The third-order valence-electron chi connectivity index (χ3n) is 5.50. The number of nitrogens with zero attached hydrogens (tertiary/aromatic N) is 2. The summed E-state index contributed by atoms with van der Waals surface area (Å²) in [5, 5.41) is 0.771. The van der Waals surface area contributed by atoms with Crippen molar-refractivity contribution >= 4 is 29.5 Å². The van der Waals surface area contributed by atoms with Crippen molar-refractivity contribution in [2.45, 2.75) is 76.6 Å². The molecule has 2 heterocycles. The number of amides is 1. The van der Waals surface area contributed by atoms with Gasteiger partial charge in [-0.25, -0.2) is 4.79 Å². The van der Waals surface area contributed by atoms with Crippen LogP contribution in [0.4, 0.5) is 4.79 Å². The van der Waals surface area contributed by atoms with Gasteiger partial charge in [0.25, 0.3) is 0 Å². The summed E-state index contributed by atoms with van der Waals surface area (Å²) in [5.41, 5.74) is 4.38. The number of rotatable bonds is 6. The summed E-state index contributed by atoms with van der Waals surface area (Å²) < 4.78 is 5.58. The lowest BCUT2D eigenvalue weighted by Crippen LogP contribution is -2.38. The molecule has 1 aliphatic heterocycles. The van der Waals surface area contributed by atoms with Crippen molar-refractivity contribution in [3.63, 3.8) is 0 Å². The van der Waals surface area contributed by atoms with Crippen LogP contribution in [0.5, 0.6) is 0 Å². The molecular formula is C26H35ClN2O2S. The maximum atomic E-state index is 12.6. The van der Waals surface area contributed by atoms with Crippen molar-refractivity contribution in [1.29, 1.82) is 0 Å². The molecular weight excluding hydrogens is 440 g/mol. The second kappa shape index (κ2) is 10.9. The van der Waals surface area contributed by atoms with Crippen LogP contribution in [-0.2, 0) is 29.8 Å². The smallest absolute Gasteiger partial charge is 0.410 e. The number of benzene rings is 1. The Hall–Kier alpha value is -1.72. The molecule has 1 aliphatic rings. The molecule has 0 N–H and O–H groups in total. The molecule has 0 atom stereocenters. The summed E-state index contributed by atoms with van der Waals surface area (Å²) in [6.07, 6.45) is 5.60. The number of aryl methyl sites for hydroxylation is 1. The number of thioether (sulfide) groups is 1. The third kappa shape index (κ3) is 7.14. The Labute approximate surface area is 202 Å². The van der Waals surface area contributed by atoms with Crippen molar-refractivity contribution in [2.75, 3.05) is 13.1 Å². The Kier molecular flexibility index (Phi) is 8.51. The number of ether oxygens (including phenoxy) is 1. The highest BCUT2D eigenvalue weighted by Gasteiger charge is 2.25. The molecule has 0 saturated carbocycles. The van der Waals surface area contributed by atoms with Gasteiger partial charge in [-0.3, -0.25) is 4.98 Å². The first kappa shape index (κ1) is 24.9. The van der Waals surface area contributed by atoms with Gasteiger partial charge >= 0.3 is 6.09 Å². The van der Waals surface area contributed by atoms with E-state index >= 15 is 0 Å². The second-order valence-corrected chi connectivity index (χ2v) is 11.3. The summed E-state index contributed by atoms with van der Waals surface area (Å²) in [4.78, 5) is 20.1. The lowest BCUT2D eigenvalue weighted by molar-refractivity contribution is 0.0258. The number of halogens is 1. The third-order valence-corrected chi connectivity index (χ3v) is 7.13. The fourth-order valence-corrected chi connectivity index (χ4v) is 5.13. The normalized spacial score (nSPS) is 14.3. The number of fused-ring (bicyclic) bond motifs is 1. The first-order valence-electron chi connectivity index (χ1n) is 11.5. The zero-order valence-electron chi connectivity index (χ0n) is 19.9. The average Bonchev–Trinajstić information content (AvgIpc) is 2.94. The van der Waals surface area contributed by atoms with E-state index in [-0.39, 0.29) is 6.09 Å². The number of aromatic nitrogens is 1. The van der Waals surface area contributed by atoms with Gasteiger partial charge < -0.3 is 9.64 Å². The fourth-order valence-electron chi connectivity index (χ4n) is 3.72. The first-order chi connectivity index (χ1) is 15.1. The van der Waals surface area contributed by atoms with Crippen LogP contribution in [0.15, 0.2) is 35.4 Å². The molecule has 0 aliphatic carbocycles. The summed E-state index contributed by atoms with van der Waals surface area (Å²) in [5.74, 6) is 1.48. The maximum Gasteiger partial charge on any atom is 0.410 e. The van der Waals surface area contributed by atoms with Gasteiger partial charge in [0, 0.05) is 29.9 Å². The summed E-state index contributed by atoms with van der Waals surface area (Å²) >= 11 is 8.36. The van der Waals surface area contributed by atoms with Crippen molar-refractivity contribution in [2.24, 2.45) is 5.92 Å². The molecule has 0 radical (unpaired) electrons. The Balaban J connectivity index is 1.67. The Morgan fingerprint density at radius 3 is 2.59 bits per heavy atom. The Morgan fingerprint density at radius 2 is 1.94 bits per heavy atom. The van der Waals surface area contributed by atoms with Gasteiger partial charge in [0.05, 0.1) is 10.7 Å². The summed E-state index contributed by atoms with van der Waals surface area (Å²) in [6, 6.07) is 8.40. The van der Waals surface area contributed by atoms with E-state index in [1.807, 2.05) is 37.9 Å². The largest absolute Gasteiger partial charge is 0.444 e. The van der Waals surface area contributed by atoms with E-state index in [9.17, 15) is 4.79 Å². The van der Waals surface area contributed by atoms with Crippen LogP contribution in [0, 0.1) is 5.92 Å². The van der Waals surface area contributed by atoms with E-state index in [1.165, 1.54) is 23.1 Å². The highest BCUT2D eigenvalue weighted by Crippen LogP contribution is 2.36. The minimum Gasteiger partial charge on any atom is -0.444 e. The van der Waals surface area contributed by atoms with Gasteiger partial charge in [-0.2, -0.15) is 0 Å². The van der Waals surface area contributed by atoms with E-state index in [2.05, 4.69) is 37.0 Å². The lowest BCUT2D eigenvalue weighted by Gasteiger charge is -2.26. The number of hydrogen-bond donors (Lipinski definition) is 0. The number of hydrogen-bond acceptors (Lipinski definition) is 4. The van der Waals surface area contributed by atoms with Crippen LogP contribution in [0.3, 0.4) is 0 Å². The van der Waals surface area contributed by atoms with Gasteiger partial charge in [-0.05, 0) is 81.2 Å². The van der Waals surface area contributed by atoms with Crippen LogP contribution < -0.4 is 0 Å². The molecule has 2 aromatic rings. The van der Waals surface area contributed by atoms with Gasteiger partial charge in [0.15, 0.2) is 0 Å². The molecule has 0 unspecified atom stereocenters. The van der Waals surface area contributed by atoms with Gasteiger partial charge in [0.2, 0.25) is 0 Å². The van der Waals surface area contributed by atoms with E-state index in [0.717, 1.165) is 40.6 Å². The molecule has 0 spiro atoms. The van der Waals surface area contributed by atoms with Gasteiger partial charge in [0.1, 0.15) is 5.60 Å². The van der Waals surface area contributed by atoms with E-state index in [1.54, 1.807) is 11.8 Å². The average molecular weight is 475 g/mol. The molecule has 0 bridgehead atoms. The zero-order valence-corrected chi connectivity index (χ0v) is 21.5. The van der Waals surface area contributed by atoms with Crippen molar-refractivity contribution in [3.05, 3.63) is 57.9 Å². The number of carbonyl (C=O) groups is 1. The SMILES string of the molecule is CC(C)CCc1ccc(CSc2c(Cl)ccc3c2CCN(C(=O)OC(C)(C)C)CC3)nc1. The standard InChI is InChI=1S/C26H35ClN2O2S/c1-18(2)6-7-19-8-10-21(28-16-19)17-32-24-22-13-15-29(25(30)31-26(3,4)5)14-12-20(22)9-11-23(24)27/h8-11,16,18H,6-7,12-15,17H2,1-5H3. The van der Waals surface area contributed by atoms with Crippen LogP contribution in [0.2, 0.25) is 5.02 Å². The molecule has 32 heavy (non-hydrogen) atoms. The minimum atomic E-state index is -0.488. The lowest BCUT2D eigenvalue weighted by atomic mass is 10.0. The quantitative estimate of drug-likeness (QED) is 0.424. The first-order valence-corrected chi connectivity index (χ1v) is 12.8.